The number of allylic oxidation sites excluding steroid dienone is 3. The van der Waals surface area contributed by atoms with Crippen molar-refractivity contribution in [2.45, 2.75) is 81.7 Å². The Balaban J connectivity index is 1.47. The number of thioether (sulfide) groups is 2. The molecule has 1 saturated heterocycles. The van der Waals surface area contributed by atoms with Gasteiger partial charge in [0.15, 0.2) is 23.3 Å². The fourth-order valence-corrected chi connectivity index (χ4v) is 9.38. The maximum absolute atomic E-state index is 15.1. The number of aromatic nitrogens is 2. The molecule has 6 unspecified atom stereocenters. The Morgan fingerprint density at radius 3 is 2.59 bits per heavy atom. The molecule has 6 rings (SSSR count). The number of amides is 2. The summed E-state index contributed by atoms with van der Waals surface area (Å²) in [6, 6.07) is 6.52. The van der Waals surface area contributed by atoms with Crippen LogP contribution in [0.5, 0.6) is 5.75 Å². The number of hydrogen-bond donors (Lipinski definition) is 7. The summed E-state index contributed by atoms with van der Waals surface area (Å²) in [5, 5.41) is 43.8. The number of fused-ring (bicyclic) bond motifs is 4. The Labute approximate surface area is 377 Å². The topological polar surface area (TPSA) is 248 Å². The lowest BCUT2D eigenvalue weighted by molar-refractivity contribution is -0.277. The van der Waals surface area contributed by atoms with Crippen LogP contribution in [0.1, 0.15) is 44.6 Å². The molecule has 1 fully saturated rings. The van der Waals surface area contributed by atoms with E-state index in [9.17, 15) is 34.5 Å². The smallest absolute Gasteiger partial charge is 0.411 e. The zero-order valence-corrected chi connectivity index (χ0v) is 37.5. The van der Waals surface area contributed by atoms with E-state index in [1.807, 2.05) is 13.8 Å². The van der Waals surface area contributed by atoms with Crippen LogP contribution in [0.25, 0.3) is 21.8 Å². The van der Waals surface area contributed by atoms with Gasteiger partial charge in [-0.05, 0) is 55.2 Å². The molecular weight excluding hydrogens is 867 g/mol. The number of ketones is 2. The first-order valence-electron chi connectivity index (χ1n) is 20.3. The Morgan fingerprint density at radius 1 is 1.11 bits per heavy atom. The number of Topliss-reactive ketones (excluding diaryl/α,β-unsaturated/α-hetero) is 2. The van der Waals surface area contributed by atoms with Crippen molar-refractivity contribution < 1.29 is 58.2 Å². The number of nitrogens with zero attached hydrogens (tertiary/aromatic N) is 1. The van der Waals surface area contributed by atoms with E-state index in [0.717, 1.165) is 30.6 Å². The number of aromatic amines is 1. The summed E-state index contributed by atoms with van der Waals surface area (Å²) in [4.78, 5) is 74.8. The van der Waals surface area contributed by atoms with Crippen molar-refractivity contribution in [3.8, 4) is 29.4 Å². The Bertz CT molecular complexity index is 2550. The molecule has 64 heavy (non-hydrogen) atoms. The average Bonchev–Trinajstić information content (AvgIpc) is 3.63. The SMILES string of the molecule is COC(=O)NC1=C2C#C/C=C\C#C[C@H](OC3OC(C)C(SC)(C(=O)c4nccc5c4[nH]c4ccc(O)cc45)C(O)C3OC(=O)NCCNC(C)C)C2/C(=C\CSC(C)=O)[C@@H](O)CC1=O. The van der Waals surface area contributed by atoms with Crippen molar-refractivity contribution in [2.75, 3.05) is 32.2 Å². The highest BCUT2D eigenvalue weighted by atomic mass is 32.2. The van der Waals surface area contributed by atoms with Crippen molar-refractivity contribution in [1.82, 2.24) is 25.9 Å². The number of rotatable bonds is 13. The van der Waals surface area contributed by atoms with E-state index in [-0.39, 0.29) is 51.7 Å². The molecule has 0 bridgehead atoms. The van der Waals surface area contributed by atoms with Crippen LogP contribution < -0.4 is 16.0 Å². The molecule has 17 nitrogen and oxygen atoms in total. The molecular formula is C45H49N5O12S2. The number of pyridine rings is 1. The molecule has 7 N–H and O–H groups in total. The summed E-state index contributed by atoms with van der Waals surface area (Å²) in [6.07, 6.45) is -4.45. The zero-order valence-electron chi connectivity index (χ0n) is 35.8. The van der Waals surface area contributed by atoms with Gasteiger partial charge < -0.3 is 49.9 Å². The largest absolute Gasteiger partial charge is 0.508 e. The molecule has 8 atom stereocenters. The molecule has 1 aromatic carbocycles. The number of carbonyl (C=O) groups excluding carboxylic acids is 5. The number of ether oxygens (including phenoxy) is 4. The second kappa shape index (κ2) is 20.9. The number of alkyl carbamates (subject to hydrolysis) is 2. The predicted octanol–water partition coefficient (Wildman–Crippen LogP) is 3.63. The molecule has 2 aromatic heterocycles. The zero-order chi connectivity index (χ0) is 46.3. The van der Waals surface area contributed by atoms with Gasteiger partial charge in [-0.3, -0.25) is 24.7 Å². The molecule has 2 amide bonds. The van der Waals surface area contributed by atoms with E-state index in [1.165, 1.54) is 31.3 Å². The highest BCUT2D eigenvalue weighted by Crippen LogP contribution is 2.45. The molecule has 0 radical (unpaired) electrons. The van der Waals surface area contributed by atoms with Crippen LogP contribution in [-0.2, 0) is 28.5 Å². The average molecular weight is 916 g/mol. The number of aliphatic hydroxyl groups excluding tert-OH is 2. The molecule has 338 valence electrons. The van der Waals surface area contributed by atoms with Gasteiger partial charge in [0.1, 0.15) is 28.4 Å². The number of carbonyl (C=O) groups is 5. The summed E-state index contributed by atoms with van der Waals surface area (Å²) < 4.78 is 22.1. The summed E-state index contributed by atoms with van der Waals surface area (Å²) in [7, 11) is 1.11. The Morgan fingerprint density at radius 2 is 1.88 bits per heavy atom. The number of aromatic hydroxyl groups is 1. The van der Waals surface area contributed by atoms with E-state index in [0.29, 0.717) is 28.4 Å². The third kappa shape index (κ3) is 10.2. The highest BCUT2D eigenvalue weighted by Gasteiger charge is 2.61. The molecule has 0 saturated carbocycles. The van der Waals surface area contributed by atoms with Gasteiger partial charge in [-0.1, -0.05) is 55.4 Å². The quantitative estimate of drug-likeness (QED) is 0.0560. The lowest BCUT2D eigenvalue weighted by atomic mass is 9.82. The van der Waals surface area contributed by atoms with Gasteiger partial charge in [-0.25, -0.2) is 9.59 Å². The minimum Gasteiger partial charge on any atom is -0.508 e. The van der Waals surface area contributed by atoms with E-state index in [1.54, 1.807) is 37.5 Å². The number of hydrogen-bond acceptors (Lipinski definition) is 16. The highest BCUT2D eigenvalue weighted by molar-refractivity contribution is 8.13. The van der Waals surface area contributed by atoms with E-state index >= 15 is 4.79 Å². The van der Waals surface area contributed by atoms with Crippen molar-refractivity contribution in [2.24, 2.45) is 5.92 Å². The Hall–Kier alpha value is -5.64. The minimum absolute atomic E-state index is 0.0152. The van der Waals surface area contributed by atoms with Gasteiger partial charge in [0.25, 0.3) is 0 Å². The second-order valence-electron chi connectivity index (χ2n) is 15.2. The van der Waals surface area contributed by atoms with Gasteiger partial charge in [-0.2, -0.15) is 0 Å². The van der Waals surface area contributed by atoms with Crippen LogP contribution >= 0.6 is 23.5 Å². The van der Waals surface area contributed by atoms with Crippen LogP contribution in [0.15, 0.2) is 65.5 Å². The lowest BCUT2D eigenvalue weighted by Gasteiger charge is -2.49. The van der Waals surface area contributed by atoms with Gasteiger partial charge in [-0.15, -0.1) is 11.8 Å². The molecule has 3 heterocycles. The first kappa shape index (κ1) is 47.8. The standard InChI is InChI=1S/C45H49N5O12S2/c1-23(2)46-18-19-48-43(57)62-39-41(56)45(63-6,40(55)38-37-27(15-17-47-38)30-21-26(52)13-14-31(30)49-37)24(3)60-42(39)61-34-12-10-8-7-9-11-29-35(34)28(16-20-64-25(4)51)32(53)22-33(54)36(29)50-44(58)59-5/h7-8,13-17,21,23-24,32,34-35,39,41-42,46,49,52-53,56H,18-20,22H2,1-6H3,(H,48,57)(H,50,58)/b8-7-,28-16-/t24?,32-,34-,35?,39?,41?,42?,45?/m0/s1. The van der Waals surface area contributed by atoms with Crippen LogP contribution in [0.4, 0.5) is 9.59 Å². The van der Waals surface area contributed by atoms with Crippen LogP contribution in [-0.4, -0.2) is 134 Å². The molecule has 1 aliphatic heterocycles. The second-order valence-corrected chi connectivity index (χ2v) is 17.5. The number of methoxy groups -OCH3 is 1. The van der Waals surface area contributed by atoms with Crippen molar-refractivity contribution in [3.63, 3.8) is 0 Å². The number of phenolic OH excluding ortho intramolecular Hbond substituents is 1. The minimum atomic E-state index is -1.90. The molecule has 3 aliphatic rings. The summed E-state index contributed by atoms with van der Waals surface area (Å²) in [5.74, 6) is 9.03. The number of aliphatic hydroxyl groups is 2. The summed E-state index contributed by atoms with van der Waals surface area (Å²) in [5.41, 5.74) is 0.758. The maximum atomic E-state index is 15.1. The van der Waals surface area contributed by atoms with E-state index in [2.05, 4.69) is 49.6 Å². The number of phenols is 1. The van der Waals surface area contributed by atoms with Gasteiger partial charge in [0.2, 0.25) is 5.78 Å². The molecule has 3 aromatic rings. The Kier molecular flexibility index (Phi) is 15.6. The number of H-pyrrole nitrogens is 1. The summed E-state index contributed by atoms with van der Waals surface area (Å²) >= 11 is 1.90. The monoisotopic (exact) mass is 915 g/mol. The van der Waals surface area contributed by atoms with Crippen LogP contribution in [0.2, 0.25) is 0 Å². The normalized spacial score (nSPS) is 26.6. The first-order chi connectivity index (χ1) is 30.6. The lowest BCUT2D eigenvalue weighted by Crippen LogP contribution is -2.68. The maximum Gasteiger partial charge on any atom is 0.411 e. The van der Waals surface area contributed by atoms with Crippen LogP contribution in [0.3, 0.4) is 0 Å². The van der Waals surface area contributed by atoms with Crippen molar-refractivity contribution in [1.29, 1.82) is 0 Å². The van der Waals surface area contributed by atoms with Crippen LogP contribution in [0, 0.1) is 29.6 Å². The summed E-state index contributed by atoms with van der Waals surface area (Å²) in [6.45, 7) is 7.31. The van der Waals surface area contributed by atoms with Crippen molar-refractivity contribution >= 4 is 74.2 Å². The molecule has 19 heteroatoms. The molecule has 0 spiro atoms. The fourth-order valence-electron chi connectivity index (χ4n) is 7.82. The van der Waals surface area contributed by atoms with E-state index < -0.39 is 77.6 Å². The number of nitrogens with one attached hydrogen (secondary N) is 4. The first-order valence-corrected chi connectivity index (χ1v) is 22.5. The molecule has 2 aliphatic carbocycles. The fraction of sp³-hybridized carbons (Fsp3) is 0.422. The van der Waals surface area contributed by atoms with Gasteiger partial charge in [0.05, 0.1) is 36.4 Å². The third-order valence-corrected chi connectivity index (χ3v) is 13.0. The third-order valence-electron chi connectivity index (χ3n) is 10.8. The van der Waals surface area contributed by atoms with Crippen molar-refractivity contribution in [3.05, 3.63) is 71.2 Å². The predicted molar refractivity (Wildman–Crippen MR) is 240 cm³/mol. The van der Waals surface area contributed by atoms with Gasteiger partial charge in [0, 0.05) is 66.3 Å². The number of benzene rings is 1. The van der Waals surface area contributed by atoms with Gasteiger partial charge >= 0.3 is 12.2 Å². The van der Waals surface area contributed by atoms with E-state index in [4.69, 9.17) is 18.9 Å².